The minimum Gasteiger partial charge on any atom is -0.291 e. The van der Waals surface area contributed by atoms with Crippen LogP contribution in [0.2, 0.25) is 0 Å². The van der Waals surface area contributed by atoms with Gasteiger partial charge in [0.15, 0.2) is 9.86 Å². The molecule has 1 saturated heterocycles. The van der Waals surface area contributed by atoms with Crippen molar-refractivity contribution in [2.24, 2.45) is 0 Å². The number of benzene rings is 1. The molecule has 1 aromatic carbocycles. The first-order valence-electron chi connectivity index (χ1n) is 5.43. The molecule has 0 bridgehead atoms. The van der Waals surface area contributed by atoms with Crippen molar-refractivity contribution in [1.82, 2.24) is 0 Å². The number of rotatable bonds is 2. The molecule has 17 heavy (non-hydrogen) atoms. The molecule has 0 radical (unpaired) electrons. The summed E-state index contributed by atoms with van der Waals surface area (Å²) in [6.07, 6.45) is 0.664. The normalized spacial score (nSPS) is 27.6. The van der Waals surface area contributed by atoms with Gasteiger partial charge < -0.3 is 0 Å². The lowest BCUT2D eigenvalue weighted by Gasteiger charge is -2.30. The summed E-state index contributed by atoms with van der Waals surface area (Å²) in [6.45, 7) is 1.56. The molecule has 0 saturated carbocycles. The maximum Gasteiger partial charge on any atom is 0.193 e. The third kappa shape index (κ3) is 2.13. The molecule has 1 fully saturated rings. The monoisotopic (exact) mass is 270 g/mol. The molecule has 3 nitrogen and oxygen atoms in total. The van der Waals surface area contributed by atoms with Gasteiger partial charge in [-0.05, 0) is 13.3 Å². The number of ketones is 1. The van der Waals surface area contributed by atoms with E-state index in [0.29, 0.717) is 23.5 Å². The highest BCUT2D eigenvalue weighted by Crippen LogP contribution is 2.29. The van der Waals surface area contributed by atoms with E-state index in [0.717, 1.165) is 0 Å². The first-order valence-corrected chi connectivity index (χ1v) is 8.07. The van der Waals surface area contributed by atoms with Gasteiger partial charge in [-0.15, -0.1) is 0 Å². The molecule has 0 aliphatic carbocycles. The summed E-state index contributed by atoms with van der Waals surface area (Å²) in [6, 6.07) is 8.68. The Hall–Kier alpha value is -0.810. The third-order valence-electron chi connectivity index (χ3n) is 2.98. The van der Waals surface area contributed by atoms with Crippen molar-refractivity contribution in [3.8, 4) is 0 Å². The topological polar surface area (TPSA) is 51.2 Å². The van der Waals surface area contributed by atoms with Gasteiger partial charge in [-0.1, -0.05) is 30.3 Å². The Balaban J connectivity index is 2.41. The number of carbonyl (C=O) groups excluding carboxylic acids is 1. The summed E-state index contributed by atoms with van der Waals surface area (Å²) >= 11 is 0. The van der Waals surface area contributed by atoms with Crippen LogP contribution in [0.5, 0.6) is 0 Å². The van der Waals surface area contributed by atoms with Crippen LogP contribution in [0, 0.1) is 0 Å². The van der Waals surface area contributed by atoms with Crippen molar-refractivity contribution in [3.63, 3.8) is 0 Å². The highest BCUT2D eigenvalue weighted by Gasteiger charge is 2.47. The van der Waals surface area contributed by atoms with Gasteiger partial charge in [-0.2, -0.15) is 0 Å². The number of Topliss-reactive ketones (excluding diaryl/α,β-unsaturated/α-hetero) is 1. The molecule has 0 amide bonds. The summed E-state index contributed by atoms with van der Waals surface area (Å²) in [5, 5.41) is 0. The summed E-state index contributed by atoms with van der Waals surface area (Å²) < 4.78 is 22.8. The van der Waals surface area contributed by atoms with Crippen molar-refractivity contribution in [2.45, 2.75) is 17.4 Å². The van der Waals surface area contributed by atoms with Gasteiger partial charge in [0.05, 0.1) is 0 Å². The molecule has 0 unspecified atom stereocenters. The maximum atomic E-state index is 12.4. The Morgan fingerprint density at radius 2 is 1.65 bits per heavy atom. The van der Waals surface area contributed by atoms with Gasteiger partial charge in [0.1, 0.15) is 0 Å². The van der Waals surface area contributed by atoms with Crippen LogP contribution in [0.4, 0.5) is 0 Å². The fourth-order valence-electron chi connectivity index (χ4n) is 1.87. The zero-order chi connectivity index (χ0) is 12.5. The fraction of sp³-hybridized carbons (Fsp3) is 0.417. The van der Waals surface area contributed by atoms with Gasteiger partial charge in [-0.25, -0.2) is 0 Å². The van der Waals surface area contributed by atoms with E-state index < -0.39 is 25.7 Å². The standard InChI is InChI=1S/C12H14O3S2/c1-12(16(14)8-5-9-17(12)15)11(13)10-6-3-2-4-7-10/h2-4,6-7H,5,8-9H2,1H3/t16-,17-/m1/s1. The maximum absolute atomic E-state index is 12.4. The lowest BCUT2D eigenvalue weighted by atomic mass is 10.1. The minimum atomic E-state index is -1.35. The molecule has 0 spiro atoms. The molecule has 5 heteroatoms. The molecule has 1 aromatic rings. The number of hydrogen-bond donors (Lipinski definition) is 0. The van der Waals surface area contributed by atoms with E-state index >= 15 is 0 Å². The Bertz CT molecular complexity index is 466. The molecule has 0 N–H and O–H groups in total. The molecule has 1 heterocycles. The Kier molecular flexibility index (Phi) is 3.58. The van der Waals surface area contributed by atoms with Crippen molar-refractivity contribution in [2.75, 3.05) is 11.5 Å². The largest absolute Gasteiger partial charge is 0.291 e. The van der Waals surface area contributed by atoms with Crippen LogP contribution in [0.1, 0.15) is 23.7 Å². The lowest BCUT2D eigenvalue weighted by Crippen LogP contribution is -2.49. The Labute approximate surface area is 106 Å². The first-order chi connectivity index (χ1) is 8.06. The highest BCUT2D eigenvalue weighted by molar-refractivity contribution is 8.06. The Morgan fingerprint density at radius 3 is 2.18 bits per heavy atom. The molecule has 1 aliphatic rings. The van der Waals surface area contributed by atoms with Gasteiger partial charge in [0.2, 0.25) is 0 Å². The SMILES string of the molecule is CC1(C(=O)c2ccccc2)[S@](=O)CCC[S@]1=O. The van der Waals surface area contributed by atoms with E-state index in [1.807, 2.05) is 6.07 Å². The van der Waals surface area contributed by atoms with Crippen LogP contribution < -0.4 is 0 Å². The molecular formula is C12H14O3S2. The zero-order valence-corrected chi connectivity index (χ0v) is 11.2. The van der Waals surface area contributed by atoms with Gasteiger partial charge in [-0.3, -0.25) is 13.2 Å². The number of hydrogen-bond acceptors (Lipinski definition) is 3. The summed E-state index contributed by atoms with van der Waals surface area (Å²) in [5.41, 5.74) is 0.485. The minimum absolute atomic E-state index is 0.269. The van der Waals surface area contributed by atoms with Crippen molar-refractivity contribution < 1.29 is 13.2 Å². The molecule has 92 valence electrons. The fourth-order valence-corrected chi connectivity index (χ4v) is 5.63. The average Bonchev–Trinajstić information content (AvgIpc) is 2.36. The second-order valence-electron chi connectivity index (χ2n) is 4.09. The smallest absolute Gasteiger partial charge is 0.193 e. The number of carbonyl (C=O) groups is 1. The molecule has 0 aromatic heterocycles. The van der Waals surface area contributed by atoms with E-state index in [1.54, 1.807) is 31.2 Å². The third-order valence-corrected chi connectivity index (χ3v) is 7.52. The highest BCUT2D eigenvalue weighted by atomic mass is 32.2. The van der Waals surface area contributed by atoms with Crippen molar-refractivity contribution in [1.29, 1.82) is 0 Å². The van der Waals surface area contributed by atoms with Gasteiger partial charge >= 0.3 is 0 Å². The van der Waals surface area contributed by atoms with Crippen LogP contribution >= 0.6 is 0 Å². The van der Waals surface area contributed by atoms with E-state index in [9.17, 15) is 13.2 Å². The van der Waals surface area contributed by atoms with Crippen molar-refractivity contribution >= 4 is 27.4 Å². The van der Waals surface area contributed by atoms with Crippen LogP contribution in [0.3, 0.4) is 0 Å². The average molecular weight is 270 g/mol. The zero-order valence-electron chi connectivity index (χ0n) is 9.55. The lowest BCUT2D eigenvalue weighted by molar-refractivity contribution is 0.0980. The molecule has 1 aliphatic heterocycles. The first kappa shape index (κ1) is 12.6. The van der Waals surface area contributed by atoms with E-state index in [1.165, 1.54) is 0 Å². The quantitative estimate of drug-likeness (QED) is 0.765. The summed E-state index contributed by atoms with van der Waals surface area (Å²) in [7, 11) is -2.71. The van der Waals surface area contributed by atoms with Crippen LogP contribution in [-0.4, -0.2) is 29.8 Å². The van der Waals surface area contributed by atoms with Gasteiger partial charge in [0, 0.05) is 38.7 Å². The molecule has 2 atom stereocenters. The Morgan fingerprint density at radius 1 is 1.12 bits per heavy atom. The predicted molar refractivity (Wildman–Crippen MR) is 69.8 cm³/mol. The van der Waals surface area contributed by atoms with E-state index in [-0.39, 0.29) is 5.78 Å². The van der Waals surface area contributed by atoms with Gasteiger partial charge in [0.25, 0.3) is 0 Å². The van der Waals surface area contributed by atoms with Crippen molar-refractivity contribution in [3.05, 3.63) is 35.9 Å². The second-order valence-corrected chi connectivity index (χ2v) is 8.18. The summed E-state index contributed by atoms with van der Waals surface area (Å²) in [5.74, 6) is 0.649. The predicted octanol–water partition coefficient (Wildman–Crippen LogP) is 1.49. The van der Waals surface area contributed by atoms with Crippen LogP contribution in [0.25, 0.3) is 0 Å². The molecule has 2 rings (SSSR count). The van der Waals surface area contributed by atoms with E-state index in [2.05, 4.69) is 0 Å². The molecular weight excluding hydrogens is 256 g/mol. The van der Waals surface area contributed by atoms with Crippen LogP contribution in [-0.2, 0) is 21.6 Å². The van der Waals surface area contributed by atoms with E-state index in [4.69, 9.17) is 0 Å². The second kappa shape index (κ2) is 4.82. The summed E-state index contributed by atoms with van der Waals surface area (Å²) in [4.78, 5) is 12.4. The van der Waals surface area contributed by atoms with Crippen LogP contribution in [0.15, 0.2) is 30.3 Å².